The fourth-order valence-corrected chi connectivity index (χ4v) is 5.00. The van der Waals surface area contributed by atoms with Crippen LogP contribution in [0.2, 0.25) is 10.0 Å². The molecule has 0 aliphatic heterocycles. The normalized spacial score (nSPS) is 11.0. The smallest absolute Gasteiger partial charge is 0.336 e. The minimum absolute atomic E-state index is 0.269. The summed E-state index contributed by atoms with van der Waals surface area (Å²) in [6, 6.07) is 10.7. The number of thiophene rings is 1. The van der Waals surface area contributed by atoms with E-state index in [-0.39, 0.29) is 5.56 Å². The van der Waals surface area contributed by atoms with E-state index >= 15 is 0 Å². The lowest BCUT2D eigenvalue weighted by molar-refractivity contribution is 0.0698. The van der Waals surface area contributed by atoms with Gasteiger partial charge in [-0.05, 0) is 47.0 Å². The Morgan fingerprint density at radius 2 is 1.86 bits per heavy atom. The van der Waals surface area contributed by atoms with Gasteiger partial charge in [0.25, 0.3) is 0 Å². The van der Waals surface area contributed by atoms with Crippen LogP contribution >= 0.6 is 45.9 Å². The molecule has 0 saturated carbocycles. The Kier molecular flexibility index (Phi) is 5.25. The molecule has 0 aliphatic rings. The zero-order valence-corrected chi connectivity index (χ0v) is 17.7. The molecule has 0 atom stereocenters. The van der Waals surface area contributed by atoms with Crippen molar-refractivity contribution in [1.29, 1.82) is 0 Å². The molecule has 2 aromatic carbocycles. The summed E-state index contributed by atoms with van der Waals surface area (Å²) >= 11 is 15.2. The van der Waals surface area contributed by atoms with Crippen molar-refractivity contribution in [1.82, 2.24) is 4.98 Å². The van der Waals surface area contributed by atoms with Crippen LogP contribution in [-0.4, -0.2) is 16.1 Å². The van der Waals surface area contributed by atoms with Gasteiger partial charge in [-0.1, -0.05) is 41.4 Å². The van der Waals surface area contributed by atoms with Crippen LogP contribution in [-0.2, 0) is 0 Å². The summed E-state index contributed by atoms with van der Waals surface area (Å²) < 4.78 is 0. The first-order chi connectivity index (χ1) is 13.5. The molecule has 2 aromatic heterocycles. The summed E-state index contributed by atoms with van der Waals surface area (Å²) in [6.07, 6.45) is 0. The molecule has 3 nitrogen and oxygen atoms in total. The van der Waals surface area contributed by atoms with Crippen LogP contribution in [0.5, 0.6) is 0 Å². The van der Waals surface area contributed by atoms with Crippen LogP contribution in [0.25, 0.3) is 33.0 Å². The summed E-state index contributed by atoms with van der Waals surface area (Å²) in [6.45, 7) is 1.98. The Labute approximate surface area is 179 Å². The highest BCUT2D eigenvalue weighted by atomic mass is 35.5. The molecule has 4 aromatic rings. The fraction of sp³-hybridized carbons (Fsp3) is 0.0476. The molecule has 0 aliphatic carbocycles. The number of carboxylic acids is 1. The lowest BCUT2D eigenvalue weighted by Crippen LogP contribution is -2.01. The number of nitrogens with zero attached hydrogens (tertiary/aromatic N) is 1. The molecule has 0 spiro atoms. The van der Waals surface area contributed by atoms with E-state index in [1.165, 1.54) is 11.3 Å². The highest BCUT2D eigenvalue weighted by Gasteiger charge is 2.20. The van der Waals surface area contributed by atoms with E-state index < -0.39 is 5.97 Å². The summed E-state index contributed by atoms with van der Waals surface area (Å²) in [4.78, 5) is 16.6. The second-order valence-corrected chi connectivity index (χ2v) is 8.58. The minimum Gasteiger partial charge on any atom is -0.478 e. The molecule has 1 N–H and O–H groups in total. The lowest BCUT2D eigenvalue weighted by Gasteiger charge is -2.11. The third kappa shape index (κ3) is 3.47. The fourth-order valence-electron chi connectivity index (χ4n) is 3.00. The van der Waals surface area contributed by atoms with Gasteiger partial charge in [0.15, 0.2) is 0 Å². The largest absolute Gasteiger partial charge is 0.478 e. The van der Waals surface area contributed by atoms with Gasteiger partial charge in [0.05, 0.1) is 21.3 Å². The number of halogens is 2. The van der Waals surface area contributed by atoms with Gasteiger partial charge in [0.2, 0.25) is 0 Å². The van der Waals surface area contributed by atoms with Crippen molar-refractivity contribution in [3.8, 4) is 33.0 Å². The molecule has 140 valence electrons. The van der Waals surface area contributed by atoms with Crippen LogP contribution in [0.4, 0.5) is 0 Å². The van der Waals surface area contributed by atoms with Gasteiger partial charge in [-0.25, -0.2) is 9.78 Å². The van der Waals surface area contributed by atoms with Crippen LogP contribution in [0.15, 0.2) is 52.5 Å². The minimum atomic E-state index is -0.955. The highest BCUT2D eigenvalue weighted by molar-refractivity contribution is 7.13. The summed E-state index contributed by atoms with van der Waals surface area (Å²) in [5.74, 6) is -0.955. The molecular formula is C21H13Cl2NO2S2. The van der Waals surface area contributed by atoms with E-state index in [1.807, 2.05) is 35.2 Å². The number of aromatic nitrogens is 1. The van der Waals surface area contributed by atoms with Crippen molar-refractivity contribution in [2.75, 3.05) is 0 Å². The van der Waals surface area contributed by atoms with E-state index in [4.69, 9.17) is 28.2 Å². The number of aromatic carboxylic acids is 1. The summed E-state index contributed by atoms with van der Waals surface area (Å²) in [7, 11) is 0. The molecule has 0 bridgehead atoms. The average Bonchev–Trinajstić information content (AvgIpc) is 3.32. The van der Waals surface area contributed by atoms with Crippen molar-refractivity contribution >= 4 is 51.8 Å². The van der Waals surface area contributed by atoms with Crippen LogP contribution in [0.3, 0.4) is 0 Å². The zero-order chi connectivity index (χ0) is 19.8. The average molecular weight is 446 g/mol. The number of thiazole rings is 1. The van der Waals surface area contributed by atoms with Crippen LogP contribution < -0.4 is 0 Å². The Morgan fingerprint density at radius 3 is 2.54 bits per heavy atom. The second kappa shape index (κ2) is 7.68. The van der Waals surface area contributed by atoms with E-state index in [0.29, 0.717) is 15.6 Å². The predicted octanol–water partition coefficient (Wildman–Crippen LogP) is 7.52. The monoisotopic (exact) mass is 445 g/mol. The first-order valence-corrected chi connectivity index (χ1v) is 10.8. The van der Waals surface area contributed by atoms with E-state index in [2.05, 4.69) is 0 Å². The maximum atomic E-state index is 11.9. The zero-order valence-electron chi connectivity index (χ0n) is 14.6. The van der Waals surface area contributed by atoms with E-state index in [9.17, 15) is 9.90 Å². The van der Waals surface area contributed by atoms with Crippen molar-refractivity contribution in [2.24, 2.45) is 0 Å². The Hall–Kier alpha value is -2.18. The van der Waals surface area contributed by atoms with Crippen molar-refractivity contribution in [2.45, 2.75) is 6.92 Å². The van der Waals surface area contributed by atoms with Gasteiger partial charge in [-0.3, -0.25) is 0 Å². The predicted molar refractivity (Wildman–Crippen MR) is 118 cm³/mol. The topological polar surface area (TPSA) is 50.2 Å². The number of benzene rings is 2. The first-order valence-electron chi connectivity index (χ1n) is 8.26. The number of aryl methyl sites for hydroxylation is 1. The first kappa shape index (κ1) is 19.2. The molecule has 0 amide bonds. The summed E-state index contributed by atoms with van der Waals surface area (Å²) in [5, 5.41) is 17.4. The number of carbonyl (C=O) groups is 1. The van der Waals surface area contributed by atoms with Crippen molar-refractivity contribution in [3.05, 3.63) is 73.7 Å². The number of carboxylic acid groups (broad SMARTS) is 1. The maximum absolute atomic E-state index is 11.9. The number of hydrogen-bond acceptors (Lipinski definition) is 4. The van der Waals surface area contributed by atoms with Gasteiger partial charge in [0, 0.05) is 22.1 Å². The quantitative estimate of drug-likeness (QED) is 0.353. The Morgan fingerprint density at radius 1 is 1.04 bits per heavy atom. The third-order valence-electron chi connectivity index (χ3n) is 4.37. The van der Waals surface area contributed by atoms with Crippen LogP contribution in [0.1, 0.15) is 15.9 Å². The second-order valence-electron chi connectivity index (χ2n) is 6.17. The van der Waals surface area contributed by atoms with Crippen LogP contribution in [0, 0.1) is 6.92 Å². The molecular weight excluding hydrogens is 433 g/mol. The third-order valence-corrected chi connectivity index (χ3v) is 6.85. The lowest BCUT2D eigenvalue weighted by atomic mass is 9.94. The highest BCUT2D eigenvalue weighted by Crippen LogP contribution is 2.40. The molecule has 4 rings (SSSR count). The standard InChI is InChI=1S/C21H13Cl2NO2S2/c1-11-8-27-9-15(11)19-13(3-2-4-14(19)21(25)26)20-24-18(10-28-20)12-5-6-16(22)17(23)7-12/h2-10H,1H3,(H,25,26). The maximum Gasteiger partial charge on any atom is 0.336 e. The summed E-state index contributed by atoms with van der Waals surface area (Å²) in [5.41, 5.74) is 5.36. The van der Waals surface area contributed by atoms with Crippen molar-refractivity contribution < 1.29 is 9.90 Å². The molecule has 28 heavy (non-hydrogen) atoms. The van der Waals surface area contributed by atoms with Gasteiger partial charge in [-0.2, -0.15) is 11.3 Å². The Balaban J connectivity index is 1.88. The van der Waals surface area contributed by atoms with E-state index in [0.717, 1.165) is 33.0 Å². The number of hydrogen-bond donors (Lipinski definition) is 1. The molecule has 0 radical (unpaired) electrons. The van der Waals surface area contributed by atoms with Gasteiger partial charge >= 0.3 is 5.97 Å². The van der Waals surface area contributed by atoms with Crippen molar-refractivity contribution in [3.63, 3.8) is 0 Å². The number of rotatable bonds is 4. The van der Waals surface area contributed by atoms with Gasteiger partial charge < -0.3 is 5.11 Å². The van der Waals surface area contributed by atoms with E-state index in [1.54, 1.807) is 35.6 Å². The SMILES string of the molecule is Cc1cscc1-c1c(C(=O)O)cccc1-c1nc(-c2ccc(Cl)c(Cl)c2)cs1. The molecule has 0 fully saturated rings. The van der Waals surface area contributed by atoms with Gasteiger partial charge in [-0.15, -0.1) is 11.3 Å². The molecule has 0 unspecified atom stereocenters. The molecule has 0 saturated heterocycles. The Bertz CT molecular complexity index is 1200. The molecule has 2 heterocycles. The molecule has 7 heteroatoms. The van der Waals surface area contributed by atoms with Gasteiger partial charge in [0.1, 0.15) is 5.01 Å².